The Labute approximate surface area is 268 Å². The third-order valence-electron chi connectivity index (χ3n) is 7.31. The number of benzene rings is 2. The molecule has 4 amide bonds. The molecule has 0 spiro atoms. The molecule has 3 unspecified atom stereocenters. The molecule has 3 atom stereocenters. The van der Waals surface area contributed by atoms with Crippen molar-refractivity contribution in [1.29, 1.82) is 0 Å². The van der Waals surface area contributed by atoms with Crippen molar-refractivity contribution < 1.29 is 55.3 Å². The number of nitrogens with zero attached hydrogens (tertiary/aromatic N) is 1. The van der Waals surface area contributed by atoms with Crippen molar-refractivity contribution >= 4 is 44.5 Å². The van der Waals surface area contributed by atoms with Crippen LogP contribution in [0.1, 0.15) is 57.7 Å². The number of ether oxygens (including phenoxy) is 4. The molecule has 0 aliphatic carbocycles. The average molecular weight is 681 g/mol. The SMILES string of the molecule is Cc1ccc(S(=O)(=O)O)c(C(C)OCCOCCOCCOCCS(=O)c2cccc3c2C(=O)N(C2CCC(=O)NC2=O)C3=O)c1. The fraction of sp³-hybridized carbons (Fsp3) is 0.467. The molecule has 2 aliphatic rings. The Balaban J connectivity index is 1.11. The molecule has 4 rings (SSSR count). The molecule has 16 heteroatoms. The van der Waals surface area contributed by atoms with Gasteiger partial charge < -0.3 is 18.9 Å². The van der Waals surface area contributed by atoms with Gasteiger partial charge in [0.25, 0.3) is 21.9 Å². The number of aryl methyl sites for hydroxylation is 1. The Kier molecular flexibility index (Phi) is 12.3. The normalized spacial score (nSPS) is 18.1. The summed E-state index contributed by atoms with van der Waals surface area (Å²) in [4.78, 5) is 50.7. The van der Waals surface area contributed by atoms with Gasteiger partial charge in [-0.1, -0.05) is 23.8 Å². The maximum absolute atomic E-state index is 13.2. The van der Waals surface area contributed by atoms with Crippen LogP contribution in [0.25, 0.3) is 0 Å². The maximum Gasteiger partial charge on any atom is 0.294 e. The van der Waals surface area contributed by atoms with Crippen LogP contribution in [-0.2, 0) is 49.5 Å². The number of hydrogen-bond donors (Lipinski definition) is 2. The van der Waals surface area contributed by atoms with Gasteiger partial charge in [-0.25, -0.2) is 0 Å². The first-order valence-corrected chi connectivity index (χ1v) is 17.3. The minimum Gasteiger partial charge on any atom is -0.378 e. The summed E-state index contributed by atoms with van der Waals surface area (Å²) in [5.41, 5.74) is 1.26. The van der Waals surface area contributed by atoms with Crippen LogP contribution in [-0.4, -0.2) is 104 Å². The van der Waals surface area contributed by atoms with E-state index in [1.165, 1.54) is 24.3 Å². The highest BCUT2D eigenvalue weighted by atomic mass is 32.2. The molecule has 250 valence electrons. The summed E-state index contributed by atoms with van der Waals surface area (Å²) >= 11 is 0. The molecular weight excluding hydrogens is 644 g/mol. The van der Waals surface area contributed by atoms with E-state index in [1.54, 1.807) is 19.1 Å². The minimum atomic E-state index is -4.38. The van der Waals surface area contributed by atoms with Crippen LogP contribution in [0.5, 0.6) is 0 Å². The van der Waals surface area contributed by atoms with E-state index < -0.39 is 56.7 Å². The van der Waals surface area contributed by atoms with E-state index in [9.17, 15) is 36.4 Å². The molecule has 1 saturated heterocycles. The van der Waals surface area contributed by atoms with Crippen molar-refractivity contribution in [3.63, 3.8) is 0 Å². The van der Waals surface area contributed by atoms with Crippen LogP contribution in [0.15, 0.2) is 46.2 Å². The van der Waals surface area contributed by atoms with Crippen LogP contribution < -0.4 is 5.32 Å². The number of rotatable bonds is 17. The summed E-state index contributed by atoms with van der Waals surface area (Å²) in [5.74, 6) is -2.50. The number of carbonyl (C=O) groups excluding carboxylic acids is 4. The van der Waals surface area contributed by atoms with Crippen molar-refractivity contribution in [2.45, 2.75) is 48.6 Å². The summed E-state index contributed by atoms with van der Waals surface area (Å²) in [6.45, 7) is 5.07. The van der Waals surface area contributed by atoms with Gasteiger partial charge in [0.2, 0.25) is 11.8 Å². The molecular formula is C30H36N2O12S2. The van der Waals surface area contributed by atoms with Crippen LogP contribution in [0.4, 0.5) is 0 Å². The number of carbonyl (C=O) groups is 4. The zero-order valence-corrected chi connectivity index (χ0v) is 27.0. The van der Waals surface area contributed by atoms with E-state index in [1.807, 2.05) is 6.92 Å². The monoisotopic (exact) mass is 680 g/mol. The summed E-state index contributed by atoms with van der Waals surface area (Å²) in [7, 11) is -6.04. The van der Waals surface area contributed by atoms with Crippen molar-refractivity contribution in [1.82, 2.24) is 10.2 Å². The number of piperidine rings is 1. The third kappa shape index (κ3) is 8.70. The Morgan fingerprint density at radius 2 is 1.61 bits per heavy atom. The third-order valence-corrected chi connectivity index (χ3v) is 9.60. The molecule has 14 nitrogen and oxygen atoms in total. The fourth-order valence-electron chi connectivity index (χ4n) is 5.05. The molecule has 2 aliphatic heterocycles. The second-order valence-electron chi connectivity index (χ2n) is 10.5. The van der Waals surface area contributed by atoms with Crippen molar-refractivity contribution in [3.05, 3.63) is 58.7 Å². The topological polar surface area (TPSA) is 192 Å². The summed E-state index contributed by atoms with van der Waals surface area (Å²) < 4.78 is 67.9. The minimum absolute atomic E-state index is 0.00302. The van der Waals surface area contributed by atoms with Crippen LogP contribution in [0.2, 0.25) is 0 Å². The smallest absolute Gasteiger partial charge is 0.294 e. The lowest BCUT2D eigenvalue weighted by molar-refractivity contribution is -0.136. The van der Waals surface area contributed by atoms with Crippen LogP contribution in [0, 0.1) is 6.92 Å². The second kappa shape index (κ2) is 15.9. The maximum atomic E-state index is 13.2. The van der Waals surface area contributed by atoms with Gasteiger partial charge in [0.05, 0.1) is 89.8 Å². The first-order chi connectivity index (χ1) is 21.9. The molecule has 46 heavy (non-hydrogen) atoms. The summed E-state index contributed by atoms with van der Waals surface area (Å²) in [6, 6.07) is 7.96. The van der Waals surface area contributed by atoms with Crippen LogP contribution >= 0.6 is 0 Å². The first-order valence-electron chi connectivity index (χ1n) is 14.6. The zero-order chi connectivity index (χ0) is 33.4. The van der Waals surface area contributed by atoms with Gasteiger partial charge >= 0.3 is 0 Å². The van der Waals surface area contributed by atoms with Gasteiger partial charge in [0, 0.05) is 12.0 Å². The van der Waals surface area contributed by atoms with E-state index in [2.05, 4.69) is 5.32 Å². The highest BCUT2D eigenvalue weighted by Crippen LogP contribution is 2.31. The molecule has 2 aromatic rings. The average Bonchev–Trinajstić information content (AvgIpc) is 3.26. The van der Waals surface area contributed by atoms with Gasteiger partial charge in [-0.2, -0.15) is 8.42 Å². The highest BCUT2D eigenvalue weighted by Gasteiger charge is 2.46. The Bertz CT molecular complexity index is 1610. The molecule has 2 N–H and O–H groups in total. The van der Waals surface area contributed by atoms with Gasteiger partial charge in [-0.15, -0.1) is 0 Å². The van der Waals surface area contributed by atoms with E-state index in [0.29, 0.717) is 5.56 Å². The first kappa shape index (κ1) is 35.5. The van der Waals surface area contributed by atoms with Gasteiger partial charge in [-0.3, -0.25) is 38.2 Å². The summed E-state index contributed by atoms with van der Waals surface area (Å²) in [6.07, 6.45) is -0.548. The number of imide groups is 2. The molecule has 1 fully saturated rings. The van der Waals surface area contributed by atoms with E-state index in [0.717, 1.165) is 10.5 Å². The molecule has 0 aromatic heterocycles. The predicted molar refractivity (Wildman–Crippen MR) is 162 cm³/mol. The number of amides is 4. The lowest BCUT2D eigenvalue weighted by Crippen LogP contribution is -2.54. The van der Waals surface area contributed by atoms with Crippen molar-refractivity contribution in [2.24, 2.45) is 0 Å². The lowest BCUT2D eigenvalue weighted by atomic mass is 10.0. The van der Waals surface area contributed by atoms with E-state index in [4.69, 9.17) is 18.9 Å². The van der Waals surface area contributed by atoms with Gasteiger partial charge in [0.15, 0.2) is 0 Å². The quantitative estimate of drug-likeness (QED) is 0.140. The molecule has 2 heterocycles. The zero-order valence-electron chi connectivity index (χ0n) is 25.4. The Hall–Kier alpha value is -3.38. The van der Waals surface area contributed by atoms with E-state index >= 15 is 0 Å². The van der Waals surface area contributed by atoms with Crippen LogP contribution in [0.3, 0.4) is 0 Å². The largest absolute Gasteiger partial charge is 0.378 e. The van der Waals surface area contributed by atoms with Gasteiger partial charge in [0.1, 0.15) is 6.04 Å². The Morgan fingerprint density at radius 1 is 0.957 bits per heavy atom. The lowest BCUT2D eigenvalue weighted by Gasteiger charge is -2.27. The molecule has 0 bridgehead atoms. The standard InChI is InChI=1S/C30H36N2O12S2/c1-19-6-8-25(46(38,39)40)22(18-19)20(2)44-15-14-42-11-10-41-12-13-43-16-17-45(37)24-5-3-4-21-27(24)30(36)32(29(21)35)23-7-9-26(33)31-28(23)34/h3-6,8,18,20,23H,7,9-17H2,1-2H3,(H,31,33,34)(H,38,39,40). The Morgan fingerprint density at radius 3 is 2.26 bits per heavy atom. The van der Waals surface area contributed by atoms with E-state index in [-0.39, 0.29) is 85.8 Å². The summed E-state index contributed by atoms with van der Waals surface area (Å²) in [5, 5.41) is 2.15. The second-order valence-corrected chi connectivity index (χ2v) is 13.5. The number of hydrogen-bond acceptors (Lipinski definition) is 11. The number of fused-ring (bicyclic) bond motifs is 1. The fourth-order valence-corrected chi connectivity index (χ4v) is 6.96. The van der Waals surface area contributed by atoms with Crippen molar-refractivity contribution in [3.8, 4) is 0 Å². The number of nitrogens with one attached hydrogen (secondary N) is 1. The molecule has 2 aromatic carbocycles. The molecule has 0 saturated carbocycles. The van der Waals surface area contributed by atoms with Crippen molar-refractivity contribution in [2.75, 3.05) is 52.0 Å². The van der Waals surface area contributed by atoms with Gasteiger partial charge in [-0.05, 0) is 38.5 Å². The predicted octanol–water partition coefficient (Wildman–Crippen LogP) is 1.58. The highest BCUT2D eigenvalue weighted by molar-refractivity contribution is 7.86. The molecule has 0 radical (unpaired) electrons.